The molecule has 0 saturated heterocycles. The second kappa shape index (κ2) is 6.79. The maximum atomic E-state index is 12.3. The highest BCUT2D eigenvalue weighted by Crippen LogP contribution is 2.23. The highest BCUT2D eigenvalue weighted by atomic mass is 16.5. The van der Waals surface area contributed by atoms with Crippen LogP contribution in [0.3, 0.4) is 0 Å². The monoisotopic (exact) mass is 311 g/mol. The van der Waals surface area contributed by atoms with Gasteiger partial charge in [-0.05, 0) is 37.6 Å². The van der Waals surface area contributed by atoms with E-state index in [-0.39, 0.29) is 5.56 Å². The van der Waals surface area contributed by atoms with Crippen LogP contribution in [0.1, 0.15) is 22.4 Å². The van der Waals surface area contributed by atoms with Crippen molar-refractivity contribution in [3.05, 3.63) is 57.0 Å². The molecule has 6 heteroatoms. The number of nitrogens with zero attached hydrogens (tertiary/aromatic N) is 3. The molecule has 6 nitrogen and oxygen atoms in total. The first-order valence-electron chi connectivity index (χ1n) is 6.91. The smallest absolute Gasteiger partial charge is 0.289 e. The fourth-order valence-electron chi connectivity index (χ4n) is 2.21. The molecule has 0 radical (unpaired) electrons. The Bertz CT molecular complexity index is 861. The molecule has 2 rings (SSSR count). The van der Waals surface area contributed by atoms with Gasteiger partial charge in [-0.2, -0.15) is 10.4 Å². The predicted molar refractivity (Wildman–Crippen MR) is 87.4 cm³/mol. The van der Waals surface area contributed by atoms with E-state index in [2.05, 4.69) is 5.10 Å². The average molecular weight is 311 g/mol. The van der Waals surface area contributed by atoms with Gasteiger partial charge >= 0.3 is 0 Å². The van der Waals surface area contributed by atoms with Gasteiger partial charge in [-0.25, -0.2) is 4.68 Å². The van der Waals surface area contributed by atoms with Crippen LogP contribution in [0.25, 0.3) is 0 Å². The summed E-state index contributed by atoms with van der Waals surface area (Å²) >= 11 is 0. The number of methoxy groups -OCH3 is 2. The average Bonchev–Trinajstić information content (AvgIpc) is 2.54. The van der Waals surface area contributed by atoms with Crippen LogP contribution < -0.4 is 15.0 Å². The summed E-state index contributed by atoms with van der Waals surface area (Å²) in [4.78, 5) is 12.3. The van der Waals surface area contributed by atoms with Crippen LogP contribution >= 0.6 is 0 Å². The van der Waals surface area contributed by atoms with E-state index in [4.69, 9.17) is 14.7 Å². The molecule has 0 bridgehead atoms. The number of nitriles is 1. The quantitative estimate of drug-likeness (QED) is 0.811. The van der Waals surface area contributed by atoms with Crippen molar-refractivity contribution in [3.8, 4) is 17.6 Å². The zero-order valence-electron chi connectivity index (χ0n) is 13.5. The second-order valence-corrected chi connectivity index (χ2v) is 4.92. The summed E-state index contributed by atoms with van der Waals surface area (Å²) in [6, 6.07) is 8.95. The first-order valence-corrected chi connectivity index (χ1v) is 6.91. The fourth-order valence-corrected chi connectivity index (χ4v) is 2.21. The fraction of sp³-hybridized carbons (Fsp3) is 0.235. The van der Waals surface area contributed by atoms with Crippen LogP contribution in [0.5, 0.6) is 11.5 Å². The summed E-state index contributed by atoms with van der Waals surface area (Å²) in [5.41, 5.74) is 1.64. The van der Waals surface area contributed by atoms with E-state index in [0.29, 0.717) is 28.3 Å². The second-order valence-electron chi connectivity index (χ2n) is 4.92. The van der Waals surface area contributed by atoms with E-state index in [1.54, 1.807) is 52.3 Å². The van der Waals surface area contributed by atoms with E-state index in [1.165, 1.54) is 10.9 Å². The van der Waals surface area contributed by atoms with E-state index >= 15 is 0 Å². The number of hydrogen-bond donors (Lipinski definition) is 0. The molecule has 0 atom stereocenters. The van der Waals surface area contributed by atoms with Crippen LogP contribution in [-0.2, 0) is 0 Å². The summed E-state index contributed by atoms with van der Waals surface area (Å²) in [5, 5.41) is 13.3. The normalized spacial score (nSPS) is 10.6. The Hall–Kier alpha value is -3.07. The minimum absolute atomic E-state index is 0.0921. The van der Waals surface area contributed by atoms with Crippen LogP contribution in [0.2, 0.25) is 0 Å². The molecule has 0 aliphatic heterocycles. The third-order valence-electron chi connectivity index (χ3n) is 3.42. The Balaban J connectivity index is 2.50. The minimum atomic E-state index is -0.436. The minimum Gasteiger partial charge on any atom is -0.497 e. The van der Waals surface area contributed by atoms with Gasteiger partial charge in [0.2, 0.25) is 0 Å². The molecule has 0 unspecified atom stereocenters. The summed E-state index contributed by atoms with van der Waals surface area (Å²) in [7, 11) is 3.12. The highest BCUT2D eigenvalue weighted by Gasteiger charge is 2.09. The molecule has 0 amide bonds. The zero-order chi connectivity index (χ0) is 17.0. The predicted octanol–water partition coefficient (Wildman–Crippen LogP) is 2.24. The Labute approximate surface area is 134 Å². The summed E-state index contributed by atoms with van der Waals surface area (Å²) in [5.74, 6) is 1.24. The molecule has 0 aliphatic carbocycles. The molecule has 1 heterocycles. The van der Waals surface area contributed by atoms with E-state index in [9.17, 15) is 4.79 Å². The van der Waals surface area contributed by atoms with Crippen molar-refractivity contribution in [2.45, 2.75) is 13.8 Å². The van der Waals surface area contributed by atoms with E-state index < -0.39 is 5.56 Å². The van der Waals surface area contributed by atoms with Gasteiger partial charge in [0.1, 0.15) is 23.1 Å². The molecule has 1 aromatic heterocycles. The Morgan fingerprint density at radius 1 is 1.22 bits per heavy atom. The number of aryl methyl sites for hydroxylation is 2. The first kappa shape index (κ1) is 16.3. The number of pyridine rings is 1. The summed E-state index contributed by atoms with van der Waals surface area (Å²) in [6.45, 7) is 3.49. The third-order valence-corrected chi connectivity index (χ3v) is 3.42. The summed E-state index contributed by atoms with van der Waals surface area (Å²) < 4.78 is 11.6. The molecular weight excluding hydrogens is 294 g/mol. The number of hydrogen-bond acceptors (Lipinski definition) is 5. The Kier molecular flexibility index (Phi) is 4.82. The lowest BCUT2D eigenvalue weighted by Gasteiger charge is -2.08. The molecule has 0 N–H and O–H groups in total. The molecule has 118 valence electrons. The van der Waals surface area contributed by atoms with Crippen molar-refractivity contribution in [1.29, 1.82) is 5.26 Å². The maximum absolute atomic E-state index is 12.3. The Morgan fingerprint density at radius 2 is 1.96 bits per heavy atom. The van der Waals surface area contributed by atoms with Crippen molar-refractivity contribution in [2.75, 3.05) is 14.2 Å². The number of rotatable bonds is 4. The SMILES string of the molecule is COc1ccc(/C=N/n2c(C)cc(C)c(C#N)c2=O)c(OC)c1. The number of benzene rings is 1. The van der Waals surface area contributed by atoms with Gasteiger partial charge < -0.3 is 9.47 Å². The molecule has 0 fully saturated rings. The lowest BCUT2D eigenvalue weighted by Crippen LogP contribution is -2.22. The molecule has 1 aromatic carbocycles. The first-order chi connectivity index (χ1) is 11.0. The van der Waals surface area contributed by atoms with Crippen LogP contribution in [0, 0.1) is 25.2 Å². The van der Waals surface area contributed by atoms with Gasteiger partial charge in [0.05, 0.1) is 20.4 Å². The van der Waals surface area contributed by atoms with Gasteiger partial charge in [0, 0.05) is 17.3 Å². The van der Waals surface area contributed by atoms with Crippen LogP contribution in [-0.4, -0.2) is 25.1 Å². The zero-order valence-corrected chi connectivity index (χ0v) is 13.5. The van der Waals surface area contributed by atoms with Gasteiger partial charge in [0.25, 0.3) is 5.56 Å². The van der Waals surface area contributed by atoms with Crippen LogP contribution in [0.4, 0.5) is 0 Å². The number of aromatic nitrogens is 1. The van der Waals surface area contributed by atoms with Gasteiger partial charge in [-0.15, -0.1) is 0 Å². The van der Waals surface area contributed by atoms with Crippen LogP contribution in [0.15, 0.2) is 34.2 Å². The van der Waals surface area contributed by atoms with E-state index in [0.717, 1.165) is 0 Å². The third kappa shape index (κ3) is 3.24. The standard InChI is InChI=1S/C17H17N3O3/c1-11-7-12(2)20(17(21)15(11)9-18)19-10-13-5-6-14(22-3)8-16(13)23-4/h5-8,10H,1-4H3/b19-10+. The van der Waals surface area contributed by atoms with Gasteiger partial charge in [-0.1, -0.05) is 0 Å². The highest BCUT2D eigenvalue weighted by molar-refractivity contribution is 5.83. The molecular formula is C17H17N3O3. The topological polar surface area (TPSA) is 76.6 Å². The van der Waals surface area contributed by atoms with Crippen molar-refractivity contribution < 1.29 is 9.47 Å². The molecule has 0 aliphatic rings. The largest absolute Gasteiger partial charge is 0.497 e. The molecule has 2 aromatic rings. The maximum Gasteiger partial charge on any atom is 0.289 e. The molecule has 0 spiro atoms. The molecule has 0 saturated carbocycles. The Morgan fingerprint density at radius 3 is 2.57 bits per heavy atom. The van der Waals surface area contributed by atoms with E-state index in [1.807, 2.05) is 6.07 Å². The van der Waals surface area contributed by atoms with Gasteiger partial charge in [0.15, 0.2) is 0 Å². The van der Waals surface area contributed by atoms with Crippen molar-refractivity contribution >= 4 is 6.21 Å². The van der Waals surface area contributed by atoms with Crippen molar-refractivity contribution in [3.63, 3.8) is 0 Å². The summed E-state index contributed by atoms with van der Waals surface area (Å²) in [6.07, 6.45) is 1.52. The number of ether oxygens (including phenoxy) is 2. The lowest BCUT2D eigenvalue weighted by molar-refractivity contribution is 0.394. The molecule has 23 heavy (non-hydrogen) atoms. The van der Waals surface area contributed by atoms with Gasteiger partial charge in [-0.3, -0.25) is 4.79 Å². The van der Waals surface area contributed by atoms with Crippen molar-refractivity contribution in [2.24, 2.45) is 5.10 Å². The lowest BCUT2D eigenvalue weighted by atomic mass is 10.1. The van der Waals surface area contributed by atoms with Crippen molar-refractivity contribution in [1.82, 2.24) is 4.68 Å².